The van der Waals surface area contributed by atoms with Gasteiger partial charge in [0.05, 0.1) is 5.02 Å². The van der Waals surface area contributed by atoms with E-state index < -0.39 is 10.0 Å². The third-order valence-electron chi connectivity index (χ3n) is 3.25. The Bertz CT molecular complexity index is 518. The van der Waals surface area contributed by atoms with Crippen molar-refractivity contribution in [3.05, 3.63) is 28.8 Å². The van der Waals surface area contributed by atoms with Crippen molar-refractivity contribution in [2.24, 2.45) is 5.92 Å². The number of sulfonamides is 1. The highest BCUT2D eigenvalue weighted by Gasteiger charge is 2.33. The van der Waals surface area contributed by atoms with Crippen molar-refractivity contribution in [1.29, 1.82) is 0 Å². The Hall–Kier alpha value is -0.620. The molecule has 0 amide bonds. The van der Waals surface area contributed by atoms with Crippen molar-refractivity contribution in [2.45, 2.75) is 30.7 Å². The van der Waals surface area contributed by atoms with Crippen LogP contribution in [0, 0.1) is 12.8 Å². The molecule has 1 aliphatic rings. The molecule has 0 aromatic heterocycles. The van der Waals surface area contributed by atoms with Crippen molar-refractivity contribution in [1.82, 2.24) is 4.72 Å². The SMILES string of the molecule is Cc1cccc(Cl)c1S(=O)(=O)NC1CC(CO)C1. The van der Waals surface area contributed by atoms with E-state index in [0.717, 1.165) is 0 Å². The fourth-order valence-electron chi connectivity index (χ4n) is 2.22. The van der Waals surface area contributed by atoms with Gasteiger partial charge in [0.2, 0.25) is 10.0 Å². The van der Waals surface area contributed by atoms with Gasteiger partial charge >= 0.3 is 0 Å². The normalized spacial score (nSPS) is 23.7. The predicted molar refractivity (Wildman–Crippen MR) is 70.1 cm³/mol. The number of hydrogen-bond donors (Lipinski definition) is 2. The lowest BCUT2D eigenvalue weighted by Gasteiger charge is -2.34. The lowest BCUT2D eigenvalue weighted by atomic mass is 9.82. The Labute approximate surface area is 112 Å². The van der Waals surface area contributed by atoms with Gasteiger partial charge in [-0.05, 0) is 37.3 Å². The summed E-state index contributed by atoms with van der Waals surface area (Å²) in [4.78, 5) is 0.152. The molecule has 0 atom stereocenters. The van der Waals surface area contributed by atoms with E-state index in [1.165, 1.54) is 0 Å². The summed E-state index contributed by atoms with van der Waals surface area (Å²) in [6.45, 7) is 1.83. The molecular weight excluding hydrogens is 274 g/mol. The topological polar surface area (TPSA) is 66.4 Å². The Morgan fingerprint density at radius 3 is 2.67 bits per heavy atom. The lowest BCUT2D eigenvalue weighted by Crippen LogP contribution is -2.45. The van der Waals surface area contributed by atoms with Crippen LogP contribution in [0.25, 0.3) is 0 Å². The van der Waals surface area contributed by atoms with E-state index in [1.807, 2.05) is 0 Å². The third kappa shape index (κ3) is 2.69. The summed E-state index contributed by atoms with van der Waals surface area (Å²) in [6, 6.07) is 4.92. The van der Waals surface area contributed by atoms with Crippen LogP contribution in [0.1, 0.15) is 18.4 Å². The number of halogens is 1. The van der Waals surface area contributed by atoms with Crippen LogP contribution in [-0.2, 0) is 10.0 Å². The molecule has 2 N–H and O–H groups in total. The Balaban J connectivity index is 2.17. The highest BCUT2D eigenvalue weighted by atomic mass is 35.5. The van der Waals surface area contributed by atoms with Crippen LogP contribution in [0.15, 0.2) is 23.1 Å². The van der Waals surface area contributed by atoms with Crippen LogP contribution in [0.5, 0.6) is 0 Å². The van der Waals surface area contributed by atoms with Gasteiger partial charge in [-0.3, -0.25) is 0 Å². The van der Waals surface area contributed by atoms with Crippen LogP contribution in [0.3, 0.4) is 0 Å². The molecule has 0 heterocycles. The summed E-state index contributed by atoms with van der Waals surface area (Å²) in [5, 5.41) is 9.15. The monoisotopic (exact) mass is 289 g/mol. The molecule has 0 unspecified atom stereocenters. The van der Waals surface area contributed by atoms with Crippen LogP contribution >= 0.6 is 11.6 Å². The molecule has 18 heavy (non-hydrogen) atoms. The van der Waals surface area contributed by atoms with Gasteiger partial charge in [0.15, 0.2) is 0 Å². The largest absolute Gasteiger partial charge is 0.396 e. The van der Waals surface area contributed by atoms with E-state index in [9.17, 15) is 8.42 Å². The van der Waals surface area contributed by atoms with Gasteiger partial charge in [0.25, 0.3) is 0 Å². The second-order valence-corrected chi connectivity index (χ2v) is 6.78. The molecule has 1 fully saturated rings. The molecule has 6 heteroatoms. The summed E-state index contributed by atoms with van der Waals surface area (Å²) in [7, 11) is -3.58. The molecular formula is C12H16ClNO3S. The second kappa shape index (κ2) is 5.17. The molecule has 0 saturated heterocycles. The summed E-state index contributed by atoms with van der Waals surface area (Å²) < 4.78 is 27.1. The molecule has 100 valence electrons. The first kappa shape index (κ1) is 13.8. The first-order chi connectivity index (χ1) is 8.44. The molecule has 1 aliphatic carbocycles. The van der Waals surface area contributed by atoms with Crippen LogP contribution in [0.2, 0.25) is 5.02 Å². The quantitative estimate of drug-likeness (QED) is 0.886. The van der Waals surface area contributed by atoms with Crippen molar-refractivity contribution in [3.63, 3.8) is 0 Å². The zero-order chi connectivity index (χ0) is 13.3. The lowest BCUT2D eigenvalue weighted by molar-refractivity contribution is 0.137. The summed E-state index contributed by atoms with van der Waals surface area (Å²) in [5.74, 6) is 0.213. The Kier molecular flexibility index (Phi) is 3.96. The Morgan fingerprint density at radius 1 is 1.44 bits per heavy atom. The maximum atomic E-state index is 12.2. The first-order valence-electron chi connectivity index (χ1n) is 5.82. The molecule has 0 aliphatic heterocycles. The minimum absolute atomic E-state index is 0.0946. The summed E-state index contributed by atoms with van der Waals surface area (Å²) in [5.41, 5.74) is 0.632. The van der Waals surface area contributed by atoms with E-state index in [1.54, 1.807) is 25.1 Å². The second-order valence-electron chi connectivity index (χ2n) is 4.72. The number of aliphatic hydroxyl groups excluding tert-OH is 1. The maximum Gasteiger partial charge on any atom is 0.242 e. The number of aryl methyl sites for hydroxylation is 1. The van der Waals surface area contributed by atoms with Gasteiger partial charge in [-0.2, -0.15) is 0 Å². The fourth-order valence-corrected chi connectivity index (χ4v) is 4.31. The van der Waals surface area contributed by atoms with Gasteiger partial charge in [0, 0.05) is 12.6 Å². The summed E-state index contributed by atoms with van der Waals surface area (Å²) in [6.07, 6.45) is 1.36. The van der Waals surface area contributed by atoms with Crippen molar-refractivity contribution < 1.29 is 13.5 Å². The van der Waals surface area contributed by atoms with Crippen molar-refractivity contribution in [3.8, 4) is 0 Å². The van der Waals surface area contributed by atoms with Gasteiger partial charge in [-0.1, -0.05) is 23.7 Å². The average Bonchev–Trinajstić information content (AvgIpc) is 2.22. The first-order valence-corrected chi connectivity index (χ1v) is 7.68. The molecule has 2 rings (SSSR count). The smallest absolute Gasteiger partial charge is 0.242 e. The zero-order valence-corrected chi connectivity index (χ0v) is 11.6. The highest BCUT2D eigenvalue weighted by molar-refractivity contribution is 7.89. The van der Waals surface area contributed by atoms with E-state index in [2.05, 4.69) is 4.72 Å². The van der Waals surface area contributed by atoms with Gasteiger partial charge < -0.3 is 5.11 Å². The number of hydrogen-bond acceptors (Lipinski definition) is 3. The van der Waals surface area contributed by atoms with E-state index in [0.29, 0.717) is 18.4 Å². The number of benzene rings is 1. The molecule has 0 spiro atoms. The Morgan fingerprint density at radius 2 is 2.11 bits per heavy atom. The fraction of sp³-hybridized carbons (Fsp3) is 0.500. The average molecular weight is 290 g/mol. The molecule has 0 bridgehead atoms. The summed E-state index contributed by atoms with van der Waals surface area (Å²) >= 11 is 5.96. The number of aliphatic hydroxyl groups is 1. The molecule has 1 aromatic rings. The van der Waals surface area contributed by atoms with Crippen LogP contribution in [-0.4, -0.2) is 26.2 Å². The zero-order valence-electron chi connectivity index (χ0n) is 10.1. The van der Waals surface area contributed by atoms with E-state index >= 15 is 0 Å². The predicted octanol–water partition coefficient (Wildman–Crippen LogP) is 1.70. The standard InChI is InChI=1S/C12H16ClNO3S/c1-8-3-2-4-11(13)12(8)18(16,17)14-10-5-9(6-10)7-15/h2-4,9-10,14-15H,5-7H2,1H3. The number of nitrogens with one attached hydrogen (secondary N) is 1. The number of rotatable bonds is 4. The van der Waals surface area contributed by atoms with E-state index in [-0.39, 0.29) is 28.5 Å². The minimum atomic E-state index is -3.58. The highest BCUT2D eigenvalue weighted by Crippen LogP contribution is 2.30. The maximum absolute atomic E-state index is 12.2. The third-order valence-corrected chi connectivity index (χ3v) is 5.40. The molecule has 0 radical (unpaired) electrons. The van der Waals surface area contributed by atoms with Gasteiger partial charge in [-0.15, -0.1) is 0 Å². The molecule has 1 saturated carbocycles. The molecule has 4 nitrogen and oxygen atoms in total. The minimum Gasteiger partial charge on any atom is -0.396 e. The van der Waals surface area contributed by atoms with Gasteiger partial charge in [-0.25, -0.2) is 13.1 Å². The van der Waals surface area contributed by atoms with Crippen molar-refractivity contribution >= 4 is 21.6 Å². The molecule has 1 aromatic carbocycles. The van der Waals surface area contributed by atoms with Crippen LogP contribution < -0.4 is 4.72 Å². The van der Waals surface area contributed by atoms with Crippen molar-refractivity contribution in [2.75, 3.05) is 6.61 Å². The van der Waals surface area contributed by atoms with E-state index in [4.69, 9.17) is 16.7 Å². The van der Waals surface area contributed by atoms with Gasteiger partial charge in [0.1, 0.15) is 4.90 Å². The van der Waals surface area contributed by atoms with Crippen LogP contribution in [0.4, 0.5) is 0 Å².